The molecule has 0 fully saturated rings. The average Bonchev–Trinajstić information content (AvgIpc) is 2.39. The first kappa shape index (κ1) is 17.5. The fourth-order valence-electron chi connectivity index (χ4n) is 1.34. The summed E-state index contributed by atoms with van der Waals surface area (Å²) in [6.07, 6.45) is 0. The fourth-order valence-corrected chi connectivity index (χ4v) is 1.34. The number of ketones is 1. The molecule has 1 aromatic rings. The molecule has 1 N–H and O–H groups in total. The van der Waals surface area contributed by atoms with E-state index >= 15 is 0 Å². The Hall–Kier alpha value is -0.496. The van der Waals surface area contributed by atoms with Crippen LogP contribution in [0.15, 0.2) is 24.3 Å². The number of rotatable bonds is 0. The van der Waals surface area contributed by atoms with E-state index in [1.165, 1.54) is 6.07 Å². The molecule has 18 heavy (non-hydrogen) atoms. The molecule has 0 spiro atoms. The third-order valence-corrected chi connectivity index (χ3v) is 1.99. The van der Waals surface area contributed by atoms with Crippen LogP contribution in [0.1, 0.15) is 34.6 Å². The van der Waals surface area contributed by atoms with Crippen molar-refractivity contribution in [2.24, 2.45) is 0 Å². The van der Waals surface area contributed by atoms with E-state index in [1.54, 1.807) is 18.2 Å². The predicted octanol–water partition coefficient (Wildman–Crippen LogP) is 2.59. The van der Waals surface area contributed by atoms with Gasteiger partial charge in [-0.25, -0.2) is 5.06 Å². The van der Waals surface area contributed by atoms with E-state index in [0.29, 0.717) is 23.1 Å². The van der Waals surface area contributed by atoms with Gasteiger partial charge in [-0.1, -0.05) is 32.0 Å². The summed E-state index contributed by atoms with van der Waals surface area (Å²) in [6.45, 7) is 3.75. The minimum absolute atomic E-state index is 0.238. The Kier molecular flexibility index (Phi) is 9.18. The number of benzene rings is 1. The zero-order chi connectivity index (χ0) is 14.1. The van der Waals surface area contributed by atoms with Crippen LogP contribution >= 0.6 is 20.0 Å². The second kappa shape index (κ2) is 9.44. The Balaban J connectivity index is 0.000000509. The molecule has 2 rings (SSSR count). The van der Waals surface area contributed by atoms with E-state index in [2.05, 4.69) is 25.2 Å². The molecule has 98 valence electrons. The summed E-state index contributed by atoms with van der Waals surface area (Å²) in [5.74, 6) is -0.757. The SMILES string of the molecule is CC.O=C1CN(O)C(=O)c2ccccc21.[CH2]=[V][I]. The summed E-state index contributed by atoms with van der Waals surface area (Å²) in [5, 5.41) is 13.1. The number of fused-ring (bicyclic) bond motifs is 1. The molecule has 0 bridgehead atoms. The van der Waals surface area contributed by atoms with Gasteiger partial charge in [-0.2, -0.15) is 0 Å². The summed E-state index contributed by atoms with van der Waals surface area (Å²) < 4.78 is 0. The first-order valence-electron chi connectivity index (χ1n) is 5.31. The van der Waals surface area contributed by atoms with E-state index in [9.17, 15) is 9.59 Å². The number of Topliss-reactive ketones (excluding diaryl/α,β-unsaturated/α-hetero) is 1. The maximum absolute atomic E-state index is 11.3. The predicted molar refractivity (Wildman–Crippen MR) is 76.1 cm³/mol. The Morgan fingerprint density at radius 2 is 1.72 bits per heavy atom. The van der Waals surface area contributed by atoms with Crippen LogP contribution in [0.2, 0.25) is 0 Å². The first-order chi connectivity index (χ1) is 8.61. The van der Waals surface area contributed by atoms with Crippen molar-refractivity contribution in [3.05, 3.63) is 35.4 Å². The Labute approximate surface area is 124 Å². The van der Waals surface area contributed by atoms with Crippen LogP contribution in [0.4, 0.5) is 0 Å². The van der Waals surface area contributed by atoms with Crippen molar-refractivity contribution >= 4 is 36.9 Å². The quantitative estimate of drug-likeness (QED) is 0.539. The number of halogens is 1. The zero-order valence-electron chi connectivity index (χ0n) is 10.3. The number of nitrogens with zero attached hydrogens (tertiary/aromatic N) is 1. The topological polar surface area (TPSA) is 57.6 Å². The van der Waals surface area contributed by atoms with Gasteiger partial charge in [0.05, 0.1) is 5.56 Å². The number of hydrogen-bond donors (Lipinski definition) is 1. The molecule has 0 unspecified atom stereocenters. The summed E-state index contributed by atoms with van der Waals surface area (Å²) in [6, 6.07) is 6.46. The number of carbonyl (C=O) groups is 2. The molecule has 0 radical (unpaired) electrons. The van der Waals surface area contributed by atoms with Crippen molar-refractivity contribution in [3.8, 4) is 0 Å². The van der Waals surface area contributed by atoms with Crippen molar-refractivity contribution in [3.63, 3.8) is 0 Å². The molecular formula is C12H15INO3V. The second-order valence-electron chi connectivity index (χ2n) is 2.95. The summed E-state index contributed by atoms with van der Waals surface area (Å²) in [7, 11) is 0. The van der Waals surface area contributed by atoms with E-state index in [-0.39, 0.29) is 17.9 Å². The Bertz CT molecular complexity index is 437. The van der Waals surface area contributed by atoms with Gasteiger partial charge in [-0.15, -0.1) is 0 Å². The standard InChI is InChI=1S/C9H7NO3.C2H6.CH2.HI.V/c11-8-5-10(13)9(12)7-4-2-1-3-6(7)8;1-2;;;/h1-4,13H,5H2;1-2H3;1H2;1H;/q;;;;+1/p-1. The molecule has 0 aliphatic carbocycles. The molecule has 0 saturated heterocycles. The van der Waals surface area contributed by atoms with Crippen LogP contribution in [-0.4, -0.2) is 33.7 Å². The van der Waals surface area contributed by atoms with Crippen molar-refractivity contribution < 1.29 is 27.2 Å². The normalized spacial score (nSPS) is 12.6. The number of carbonyl (C=O) groups excluding carboxylic acids is 2. The van der Waals surface area contributed by atoms with Gasteiger partial charge in [0.15, 0.2) is 5.78 Å². The molecule has 1 aliphatic rings. The first-order valence-corrected chi connectivity index (χ1v) is 10.8. The summed E-state index contributed by atoms with van der Waals surface area (Å²) >= 11 is 2.68. The summed E-state index contributed by atoms with van der Waals surface area (Å²) in [4.78, 5) is 22.6. The molecule has 0 aromatic heterocycles. The van der Waals surface area contributed by atoms with Crippen molar-refractivity contribution in [1.82, 2.24) is 5.06 Å². The molecule has 6 heteroatoms. The van der Waals surface area contributed by atoms with Crippen LogP contribution in [0.25, 0.3) is 0 Å². The molecule has 1 aromatic carbocycles. The van der Waals surface area contributed by atoms with Crippen molar-refractivity contribution in [2.45, 2.75) is 13.8 Å². The molecule has 0 atom stereocenters. The fraction of sp³-hybridized carbons (Fsp3) is 0.250. The molecule has 1 amide bonds. The van der Waals surface area contributed by atoms with E-state index in [4.69, 9.17) is 5.21 Å². The van der Waals surface area contributed by atoms with Crippen molar-refractivity contribution in [1.29, 1.82) is 0 Å². The number of hydroxylamine groups is 2. The third-order valence-electron chi connectivity index (χ3n) is 1.99. The summed E-state index contributed by atoms with van der Waals surface area (Å²) in [5.41, 5.74) is 0.652. The number of amides is 1. The van der Waals surface area contributed by atoms with Gasteiger partial charge in [0.1, 0.15) is 6.54 Å². The van der Waals surface area contributed by atoms with Gasteiger partial charge in [-0.3, -0.25) is 14.8 Å². The van der Waals surface area contributed by atoms with Crippen LogP contribution < -0.4 is 0 Å². The Morgan fingerprint density at radius 3 is 2.22 bits per heavy atom. The van der Waals surface area contributed by atoms with Gasteiger partial charge in [0.25, 0.3) is 5.91 Å². The Morgan fingerprint density at radius 1 is 1.28 bits per heavy atom. The van der Waals surface area contributed by atoms with E-state index < -0.39 is 5.91 Å². The van der Waals surface area contributed by atoms with E-state index in [0.717, 1.165) is 0 Å². The number of hydrogen-bond acceptors (Lipinski definition) is 3. The van der Waals surface area contributed by atoms with Gasteiger partial charge < -0.3 is 0 Å². The van der Waals surface area contributed by atoms with Crippen LogP contribution in [0.5, 0.6) is 0 Å². The van der Waals surface area contributed by atoms with Gasteiger partial charge >= 0.3 is 37.6 Å². The monoisotopic (exact) mass is 399 g/mol. The molecule has 4 nitrogen and oxygen atoms in total. The molecule has 1 heterocycles. The van der Waals surface area contributed by atoms with Crippen LogP contribution in [0, 0.1) is 0 Å². The molecular weight excluding hydrogens is 384 g/mol. The van der Waals surface area contributed by atoms with Gasteiger partial charge in [0, 0.05) is 5.56 Å². The van der Waals surface area contributed by atoms with Crippen LogP contribution in [-0.2, 0) is 12.4 Å². The van der Waals surface area contributed by atoms with Gasteiger partial charge in [0.2, 0.25) is 0 Å². The third kappa shape index (κ3) is 4.64. The molecule has 1 aliphatic heterocycles. The average molecular weight is 399 g/mol. The zero-order valence-corrected chi connectivity index (χ0v) is 13.8. The maximum atomic E-state index is 11.3. The van der Waals surface area contributed by atoms with E-state index in [1.807, 2.05) is 13.8 Å². The van der Waals surface area contributed by atoms with Crippen molar-refractivity contribution in [2.75, 3.05) is 6.54 Å². The minimum atomic E-state index is -0.518. The van der Waals surface area contributed by atoms with Gasteiger partial charge in [-0.05, 0) is 6.07 Å². The second-order valence-corrected chi connectivity index (χ2v) is 6.14. The van der Waals surface area contributed by atoms with Crippen LogP contribution in [0.3, 0.4) is 0 Å². The molecule has 0 saturated carbocycles.